The molecule has 6 heteroatoms. The lowest BCUT2D eigenvalue weighted by Crippen LogP contribution is -2.35. The second-order valence-electron chi connectivity index (χ2n) is 5.29. The number of aliphatic carboxylic acids is 1. The molecule has 1 amide bonds. The fraction of sp³-hybridized carbons (Fsp3) is 0.571. The van der Waals surface area contributed by atoms with Crippen LogP contribution in [0.15, 0.2) is 21.2 Å². The highest BCUT2D eigenvalue weighted by Gasteiger charge is 2.31. The molecule has 110 valence electrons. The number of halogens is 1. The molecule has 1 N–H and O–H groups in total. The molecule has 5 nitrogen and oxygen atoms in total. The molecule has 0 bridgehead atoms. The number of carboxylic acids is 1. The average molecular weight is 344 g/mol. The van der Waals surface area contributed by atoms with Gasteiger partial charge in [-0.05, 0) is 53.7 Å². The number of amides is 1. The number of rotatable bonds is 4. The molecule has 0 saturated heterocycles. The third kappa shape index (κ3) is 3.62. The van der Waals surface area contributed by atoms with E-state index in [1.54, 1.807) is 18.0 Å². The SMILES string of the molecule is CN(Cc1ccc(Br)o1)C(=O)C1CCC(C(=O)O)CC1. The molecular weight excluding hydrogens is 326 g/mol. The van der Waals surface area contributed by atoms with Crippen LogP contribution in [0.4, 0.5) is 0 Å². The second-order valence-corrected chi connectivity index (χ2v) is 6.07. The van der Waals surface area contributed by atoms with E-state index in [1.165, 1.54) is 0 Å². The summed E-state index contributed by atoms with van der Waals surface area (Å²) in [5.41, 5.74) is 0. The first-order valence-corrected chi connectivity index (χ1v) is 7.48. The number of carboxylic acid groups (broad SMARTS) is 1. The van der Waals surface area contributed by atoms with E-state index in [2.05, 4.69) is 15.9 Å². The van der Waals surface area contributed by atoms with E-state index in [0.29, 0.717) is 36.9 Å². The summed E-state index contributed by atoms with van der Waals surface area (Å²) >= 11 is 3.23. The molecule has 1 aliphatic rings. The molecule has 1 aromatic rings. The van der Waals surface area contributed by atoms with Gasteiger partial charge in [0, 0.05) is 13.0 Å². The van der Waals surface area contributed by atoms with E-state index in [0.717, 1.165) is 5.76 Å². The first-order chi connectivity index (χ1) is 9.47. The van der Waals surface area contributed by atoms with Gasteiger partial charge >= 0.3 is 5.97 Å². The van der Waals surface area contributed by atoms with Crippen LogP contribution < -0.4 is 0 Å². The van der Waals surface area contributed by atoms with E-state index >= 15 is 0 Å². The van der Waals surface area contributed by atoms with Gasteiger partial charge in [-0.1, -0.05) is 0 Å². The molecule has 1 aliphatic carbocycles. The molecule has 0 aromatic carbocycles. The molecule has 0 unspecified atom stereocenters. The maximum absolute atomic E-state index is 12.3. The van der Waals surface area contributed by atoms with E-state index in [9.17, 15) is 9.59 Å². The minimum Gasteiger partial charge on any atom is -0.481 e. The number of carbonyl (C=O) groups is 2. The highest BCUT2D eigenvalue weighted by atomic mass is 79.9. The van der Waals surface area contributed by atoms with Crippen molar-refractivity contribution in [2.24, 2.45) is 11.8 Å². The van der Waals surface area contributed by atoms with Gasteiger partial charge in [0.15, 0.2) is 4.67 Å². The molecule has 2 rings (SSSR count). The van der Waals surface area contributed by atoms with Gasteiger partial charge in [0.25, 0.3) is 0 Å². The van der Waals surface area contributed by atoms with Crippen molar-refractivity contribution >= 4 is 27.8 Å². The van der Waals surface area contributed by atoms with Crippen LogP contribution in [0, 0.1) is 11.8 Å². The molecular formula is C14H18BrNO4. The number of hydrogen-bond donors (Lipinski definition) is 1. The Morgan fingerprint density at radius 3 is 2.40 bits per heavy atom. The van der Waals surface area contributed by atoms with Crippen LogP contribution in [0.25, 0.3) is 0 Å². The quantitative estimate of drug-likeness (QED) is 0.912. The average Bonchev–Trinajstić information content (AvgIpc) is 2.83. The van der Waals surface area contributed by atoms with Crippen molar-refractivity contribution in [3.63, 3.8) is 0 Å². The fourth-order valence-electron chi connectivity index (χ4n) is 2.65. The van der Waals surface area contributed by atoms with Crippen LogP contribution in [0.1, 0.15) is 31.4 Å². The maximum atomic E-state index is 12.3. The Hall–Kier alpha value is -1.30. The third-order valence-electron chi connectivity index (χ3n) is 3.82. The van der Waals surface area contributed by atoms with Crippen molar-refractivity contribution in [3.05, 3.63) is 22.6 Å². The van der Waals surface area contributed by atoms with E-state index in [4.69, 9.17) is 9.52 Å². The molecule has 1 aromatic heterocycles. The first kappa shape index (κ1) is 15.1. The molecule has 0 spiro atoms. The minimum absolute atomic E-state index is 0.0611. The summed E-state index contributed by atoms with van der Waals surface area (Å²) in [4.78, 5) is 24.9. The fourth-order valence-corrected chi connectivity index (χ4v) is 2.99. The lowest BCUT2D eigenvalue weighted by atomic mass is 9.81. The van der Waals surface area contributed by atoms with Crippen LogP contribution in [-0.2, 0) is 16.1 Å². The van der Waals surface area contributed by atoms with Gasteiger partial charge in [0.1, 0.15) is 5.76 Å². The molecule has 20 heavy (non-hydrogen) atoms. The van der Waals surface area contributed by atoms with Crippen LogP contribution >= 0.6 is 15.9 Å². The maximum Gasteiger partial charge on any atom is 0.306 e. The Morgan fingerprint density at radius 1 is 1.30 bits per heavy atom. The zero-order chi connectivity index (χ0) is 14.7. The Kier molecular flexibility index (Phi) is 4.86. The molecule has 0 radical (unpaired) electrons. The van der Waals surface area contributed by atoms with Gasteiger partial charge in [0.05, 0.1) is 12.5 Å². The number of nitrogens with zero attached hydrogens (tertiary/aromatic N) is 1. The summed E-state index contributed by atoms with van der Waals surface area (Å²) in [5, 5.41) is 8.96. The van der Waals surface area contributed by atoms with Crippen LogP contribution in [0.3, 0.4) is 0 Å². The topological polar surface area (TPSA) is 70.8 Å². The molecule has 0 atom stereocenters. The monoisotopic (exact) mass is 343 g/mol. The summed E-state index contributed by atoms with van der Waals surface area (Å²) in [6.07, 6.45) is 2.49. The van der Waals surface area contributed by atoms with Crippen molar-refractivity contribution < 1.29 is 19.1 Å². The number of hydrogen-bond acceptors (Lipinski definition) is 3. The predicted molar refractivity (Wildman–Crippen MR) is 76.0 cm³/mol. The lowest BCUT2D eigenvalue weighted by Gasteiger charge is -2.28. The number of carbonyl (C=O) groups excluding carboxylic acids is 1. The predicted octanol–water partition coefficient (Wildman–Crippen LogP) is 2.89. The summed E-state index contributed by atoms with van der Waals surface area (Å²) < 4.78 is 6.03. The van der Waals surface area contributed by atoms with Crippen molar-refractivity contribution in [2.75, 3.05) is 7.05 Å². The summed E-state index contributed by atoms with van der Waals surface area (Å²) in [6, 6.07) is 3.63. The van der Waals surface area contributed by atoms with Crippen molar-refractivity contribution in [1.29, 1.82) is 0 Å². The van der Waals surface area contributed by atoms with Crippen LogP contribution in [0.2, 0.25) is 0 Å². The van der Waals surface area contributed by atoms with Crippen molar-refractivity contribution in [1.82, 2.24) is 4.90 Å². The molecule has 1 heterocycles. The molecule has 1 fully saturated rings. The lowest BCUT2D eigenvalue weighted by molar-refractivity contribution is -0.145. The molecule has 0 aliphatic heterocycles. The molecule has 1 saturated carbocycles. The zero-order valence-corrected chi connectivity index (χ0v) is 12.9. The highest BCUT2D eigenvalue weighted by molar-refractivity contribution is 9.10. The Labute approximate surface area is 126 Å². The Balaban J connectivity index is 1.86. The second kappa shape index (κ2) is 6.43. The van der Waals surface area contributed by atoms with Gasteiger partial charge in [-0.2, -0.15) is 0 Å². The Morgan fingerprint density at radius 2 is 1.90 bits per heavy atom. The summed E-state index contributed by atoms with van der Waals surface area (Å²) in [7, 11) is 1.75. The smallest absolute Gasteiger partial charge is 0.306 e. The standard InChI is InChI=1S/C14H18BrNO4/c1-16(8-11-6-7-12(15)20-11)13(17)9-2-4-10(5-3-9)14(18)19/h6-7,9-10H,2-5,8H2,1H3,(H,18,19). The van der Waals surface area contributed by atoms with Gasteiger partial charge in [0.2, 0.25) is 5.91 Å². The summed E-state index contributed by atoms with van der Waals surface area (Å²) in [5.74, 6) is -0.294. The van der Waals surface area contributed by atoms with Gasteiger partial charge < -0.3 is 14.4 Å². The Bertz CT molecular complexity index is 491. The number of furan rings is 1. The van der Waals surface area contributed by atoms with Gasteiger partial charge in [-0.25, -0.2) is 0 Å². The van der Waals surface area contributed by atoms with Crippen LogP contribution in [-0.4, -0.2) is 28.9 Å². The third-order valence-corrected chi connectivity index (χ3v) is 4.25. The van der Waals surface area contributed by atoms with Gasteiger partial charge in [-0.15, -0.1) is 0 Å². The normalized spacial score (nSPS) is 22.5. The van der Waals surface area contributed by atoms with E-state index in [-0.39, 0.29) is 17.7 Å². The zero-order valence-electron chi connectivity index (χ0n) is 11.3. The van der Waals surface area contributed by atoms with Crippen molar-refractivity contribution in [2.45, 2.75) is 32.2 Å². The van der Waals surface area contributed by atoms with Crippen LogP contribution in [0.5, 0.6) is 0 Å². The van der Waals surface area contributed by atoms with Crippen molar-refractivity contribution in [3.8, 4) is 0 Å². The minimum atomic E-state index is -0.746. The first-order valence-electron chi connectivity index (χ1n) is 6.69. The highest BCUT2D eigenvalue weighted by Crippen LogP contribution is 2.30. The van der Waals surface area contributed by atoms with Gasteiger partial charge in [-0.3, -0.25) is 9.59 Å². The largest absolute Gasteiger partial charge is 0.481 e. The summed E-state index contributed by atoms with van der Waals surface area (Å²) in [6.45, 7) is 0.434. The van der Waals surface area contributed by atoms with E-state index < -0.39 is 5.97 Å². The van der Waals surface area contributed by atoms with E-state index in [1.807, 2.05) is 6.07 Å².